The highest BCUT2D eigenvalue weighted by molar-refractivity contribution is 7.19. The molecule has 29 heavy (non-hydrogen) atoms. The Labute approximate surface area is 172 Å². The number of pyridine rings is 1. The minimum atomic E-state index is -0.333. The van der Waals surface area contributed by atoms with Crippen molar-refractivity contribution < 1.29 is 4.79 Å². The van der Waals surface area contributed by atoms with Crippen molar-refractivity contribution in [2.75, 3.05) is 5.32 Å². The molecule has 0 radical (unpaired) electrons. The van der Waals surface area contributed by atoms with Crippen LogP contribution in [0.5, 0.6) is 0 Å². The molecular formula is C21H20N6OS. The van der Waals surface area contributed by atoms with E-state index in [0.29, 0.717) is 10.8 Å². The van der Waals surface area contributed by atoms with Gasteiger partial charge in [-0.1, -0.05) is 35.1 Å². The van der Waals surface area contributed by atoms with Crippen molar-refractivity contribution in [2.45, 2.75) is 27.7 Å². The number of aromatic nitrogens is 5. The molecule has 1 amide bonds. The highest BCUT2D eigenvalue weighted by atomic mass is 32.1. The number of thiazole rings is 1. The van der Waals surface area contributed by atoms with Gasteiger partial charge in [0.1, 0.15) is 0 Å². The topological polar surface area (TPSA) is 85.6 Å². The van der Waals surface area contributed by atoms with Crippen LogP contribution in [-0.4, -0.2) is 30.9 Å². The zero-order valence-electron chi connectivity index (χ0n) is 16.6. The van der Waals surface area contributed by atoms with Gasteiger partial charge < -0.3 is 0 Å². The summed E-state index contributed by atoms with van der Waals surface area (Å²) in [6, 6.07) is 11.7. The Kier molecular flexibility index (Phi) is 4.94. The Bertz CT molecular complexity index is 1200. The molecule has 146 valence electrons. The van der Waals surface area contributed by atoms with Crippen LogP contribution in [0.3, 0.4) is 0 Å². The Hall–Kier alpha value is -3.39. The molecule has 0 aliphatic rings. The van der Waals surface area contributed by atoms with Crippen LogP contribution >= 0.6 is 11.3 Å². The first-order chi connectivity index (χ1) is 13.9. The lowest BCUT2D eigenvalue weighted by atomic mass is 10.1. The molecule has 8 heteroatoms. The molecule has 7 nitrogen and oxygen atoms in total. The lowest BCUT2D eigenvalue weighted by molar-refractivity contribution is 0.102. The first-order valence-corrected chi connectivity index (χ1v) is 9.96. The summed E-state index contributed by atoms with van der Waals surface area (Å²) in [5, 5.41) is 12.2. The van der Waals surface area contributed by atoms with E-state index in [1.165, 1.54) is 16.1 Å². The van der Waals surface area contributed by atoms with Crippen LogP contribution in [0.1, 0.15) is 33.0 Å². The van der Waals surface area contributed by atoms with Crippen molar-refractivity contribution in [3.05, 3.63) is 70.8 Å². The van der Waals surface area contributed by atoms with Gasteiger partial charge in [-0.05, 0) is 51.5 Å². The van der Waals surface area contributed by atoms with Crippen LogP contribution in [0.4, 0.5) is 5.13 Å². The number of nitrogens with one attached hydrogen (secondary N) is 1. The minimum Gasteiger partial charge on any atom is -0.296 e. The molecule has 0 saturated heterocycles. The number of hydrogen-bond acceptors (Lipinski definition) is 6. The van der Waals surface area contributed by atoms with E-state index >= 15 is 0 Å². The predicted molar refractivity (Wildman–Crippen MR) is 114 cm³/mol. The van der Waals surface area contributed by atoms with Crippen LogP contribution < -0.4 is 5.32 Å². The predicted octanol–water partition coefficient (Wildman–Crippen LogP) is 4.27. The second-order valence-electron chi connectivity index (χ2n) is 6.82. The fourth-order valence-corrected chi connectivity index (χ4v) is 4.01. The summed E-state index contributed by atoms with van der Waals surface area (Å²) in [6.45, 7) is 7.71. The van der Waals surface area contributed by atoms with Crippen molar-refractivity contribution in [1.82, 2.24) is 25.0 Å². The number of carbonyl (C=O) groups is 1. The molecule has 4 aromatic rings. The van der Waals surface area contributed by atoms with Crippen molar-refractivity contribution in [2.24, 2.45) is 0 Å². The molecule has 0 atom stereocenters. The Morgan fingerprint density at radius 3 is 2.59 bits per heavy atom. The molecule has 4 rings (SSSR count). The number of benzene rings is 1. The number of anilines is 1. The van der Waals surface area contributed by atoms with E-state index < -0.39 is 0 Å². The van der Waals surface area contributed by atoms with Crippen LogP contribution in [0, 0.1) is 27.7 Å². The number of hydrogen-bond donors (Lipinski definition) is 1. The van der Waals surface area contributed by atoms with Crippen LogP contribution in [0.15, 0.2) is 42.6 Å². The summed E-state index contributed by atoms with van der Waals surface area (Å²) in [5.41, 5.74) is 5.54. The zero-order chi connectivity index (χ0) is 20.5. The maximum atomic E-state index is 12.8. The van der Waals surface area contributed by atoms with Crippen LogP contribution in [0.25, 0.3) is 16.3 Å². The van der Waals surface area contributed by atoms with Gasteiger partial charge in [-0.15, -0.1) is 5.10 Å². The van der Waals surface area contributed by atoms with E-state index in [9.17, 15) is 4.79 Å². The van der Waals surface area contributed by atoms with Crippen molar-refractivity contribution in [3.8, 4) is 16.3 Å². The second-order valence-corrected chi connectivity index (χ2v) is 7.82. The molecule has 1 N–H and O–H groups in total. The van der Waals surface area contributed by atoms with E-state index in [4.69, 9.17) is 0 Å². The molecule has 3 aromatic heterocycles. The van der Waals surface area contributed by atoms with E-state index in [1.807, 2.05) is 51.1 Å². The molecule has 0 fully saturated rings. The molecule has 3 heterocycles. The molecule has 0 aliphatic carbocycles. The van der Waals surface area contributed by atoms with Crippen LogP contribution in [0.2, 0.25) is 0 Å². The van der Waals surface area contributed by atoms with Gasteiger partial charge >= 0.3 is 0 Å². The van der Waals surface area contributed by atoms with Gasteiger partial charge in [0.15, 0.2) is 10.8 Å². The number of amides is 1. The first kappa shape index (κ1) is 18.9. The van der Waals surface area contributed by atoms with E-state index in [0.717, 1.165) is 33.1 Å². The quantitative estimate of drug-likeness (QED) is 0.549. The number of aryl methyl sites for hydroxylation is 4. The normalized spacial score (nSPS) is 10.9. The minimum absolute atomic E-state index is 0.275. The van der Waals surface area contributed by atoms with Gasteiger partial charge in [0.2, 0.25) is 0 Å². The molecule has 0 unspecified atom stereocenters. The molecular weight excluding hydrogens is 384 g/mol. The standard InChI is InChI=1S/C21H20N6OS/c1-12-8-9-17(13(2)11-12)27-25-14(3)18(26-27)20(28)24-21-23-15(4)19(29-21)16-7-5-6-10-22-16/h5-11H,1-4H3,(H,23,24,28). The van der Waals surface area contributed by atoms with Gasteiger partial charge in [0.05, 0.1) is 27.6 Å². The Balaban J connectivity index is 1.59. The summed E-state index contributed by atoms with van der Waals surface area (Å²) >= 11 is 1.39. The highest BCUT2D eigenvalue weighted by Crippen LogP contribution is 2.31. The third kappa shape index (κ3) is 3.79. The fraction of sp³-hybridized carbons (Fsp3) is 0.190. The van der Waals surface area contributed by atoms with Gasteiger partial charge in [0, 0.05) is 6.20 Å². The molecule has 0 spiro atoms. The van der Waals surface area contributed by atoms with Crippen molar-refractivity contribution in [3.63, 3.8) is 0 Å². The maximum Gasteiger partial charge on any atom is 0.279 e. The summed E-state index contributed by atoms with van der Waals surface area (Å²) in [4.78, 5) is 24.1. The fourth-order valence-electron chi connectivity index (χ4n) is 3.07. The van der Waals surface area contributed by atoms with Gasteiger partial charge in [0.25, 0.3) is 5.91 Å². The van der Waals surface area contributed by atoms with E-state index in [2.05, 4.69) is 31.5 Å². The number of rotatable bonds is 4. The van der Waals surface area contributed by atoms with Gasteiger partial charge in [-0.25, -0.2) is 4.98 Å². The second kappa shape index (κ2) is 7.56. The van der Waals surface area contributed by atoms with Crippen LogP contribution in [-0.2, 0) is 0 Å². The van der Waals surface area contributed by atoms with Crippen molar-refractivity contribution in [1.29, 1.82) is 0 Å². The third-order valence-corrected chi connectivity index (χ3v) is 5.57. The SMILES string of the molecule is Cc1ccc(-n2nc(C)c(C(=O)Nc3nc(C)c(-c4ccccn4)s3)n2)c(C)c1. The molecule has 0 aliphatic heterocycles. The van der Waals surface area contributed by atoms with Gasteiger partial charge in [-0.2, -0.15) is 9.90 Å². The lowest BCUT2D eigenvalue weighted by Gasteiger charge is -2.04. The largest absolute Gasteiger partial charge is 0.296 e. The zero-order valence-corrected chi connectivity index (χ0v) is 17.4. The molecule has 0 saturated carbocycles. The smallest absolute Gasteiger partial charge is 0.279 e. The molecule has 1 aromatic carbocycles. The van der Waals surface area contributed by atoms with E-state index in [1.54, 1.807) is 13.1 Å². The summed E-state index contributed by atoms with van der Waals surface area (Å²) in [7, 11) is 0. The third-order valence-electron chi connectivity index (χ3n) is 4.48. The monoisotopic (exact) mass is 404 g/mol. The maximum absolute atomic E-state index is 12.8. The first-order valence-electron chi connectivity index (χ1n) is 9.14. The average Bonchev–Trinajstić information content (AvgIpc) is 3.25. The van der Waals surface area contributed by atoms with Crippen molar-refractivity contribution >= 4 is 22.4 Å². The van der Waals surface area contributed by atoms with E-state index in [-0.39, 0.29) is 11.6 Å². The summed E-state index contributed by atoms with van der Waals surface area (Å²) < 4.78 is 0. The molecule has 0 bridgehead atoms. The highest BCUT2D eigenvalue weighted by Gasteiger charge is 2.19. The average molecular weight is 404 g/mol. The Morgan fingerprint density at radius 1 is 1.03 bits per heavy atom. The Morgan fingerprint density at radius 2 is 1.86 bits per heavy atom. The number of carbonyl (C=O) groups excluding carboxylic acids is 1. The summed E-state index contributed by atoms with van der Waals surface area (Å²) in [5.74, 6) is -0.333. The number of nitrogens with zero attached hydrogens (tertiary/aromatic N) is 5. The lowest BCUT2D eigenvalue weighted by Crippen LogP contribution is -2.14. The van der Waals surface area contributed by atoms with Gasteiger partial charge in [-0.3, -0.25) is 15.1 Å². The summed E-state index contributed by atoms with van der Waals surface area (Å²) in [6.07, 6.45) is 1.74.